The molecule has 2 rings (SSSR count). The third kappa shape index (κ3) is 3.41. The molecule has 0 aliphatic carbocycles. The summed E-state index contributed by atoms with van der Waals surface area (Å²) >= 11 is 0. The number of carbonyl (C=O) groups excluding carboxylic acids is 1. The normalized spacial score (nSPS) is 10.2. The van der Waals surface area contributed by atoms with Gasteiger partial charge in [0.15, 0.2) is 0 Å². The smallest absolute Gasteiger partial charge is 0.269 e. The molecule has 0 atom stereocenters. The summed E-state index contributed by atoms with van der Waals surface area (Å²) in [7, 11) is 0. The maximum absolute atomic E-state index is 11.8. The molecule has 0 unspecified atom stereocenters. The third-order valence-corrected chi connectivity index (χ3v) is 2.92. The van der Waals surface area contributed by atoms with Crippen LogP contribution < -0.4 is 5.32 Å². The summed E-state index contributed by atoms with van der Waals surface area (Å²) < 4.78 is 0. The van der Waals surface area contributed by atoms with Gasteiger partial charge in [0.05, 0.1) is 17.5 Å². The fourth-order valence-electron chi connectivity index (χ4n) is 1.73. The molecule has 0 aliphatic rings. The lowest BCUT2D eigenvalue weighted by molar-refractivity contribution is -0.384. The molecule has 2 N–H and O–H groups in total. The van der Waals surface area contributed by atoms with E-state index in [1.807, 2.05) is 6.92 Å². The van der Waals surface area contributed by atoms with E-state index in [0.29, 0.717) is 6.54 Å². The maximum Gasteiger partial charge on any atom is 0.269 e. The van der Waals surface area contributed by atoms with Gasteiger partial charge < -0.3 is 5.32 Å². The highest BCUT2D eigenvalue weighted by molar-refractivity contribution is 5.78. The Balaban J connectivity index is 1.88. The average Bonchev–Trinajstić information content (AvgIpc) is 2.82. The quantitative estimate of drug-likeness (QED) is 0.637. The Hall–Kier alpha value is -2.70. The van der Waals surface area contributed by atoms with E-state index in [-0.39, 0.29) is 18.0 Å². The van der Waals surface area contributed by atoms with E-state index in [9.17, 15) is 14.9 Å². The van der Waals surface area contributed by atoms with Gasteiger partial charge in [-0.05, 0) is 12.5 Å². The minimum absolute atomic E-state index is 0.0168. The maximum atomic E-state index is 11.8. The fourth-order valence-corrected chi connectivity index (χ4v) is 1.73. The molecule has 0 radical (unpaired) electrons. The van der Waals surface area contributed by atoms with Crippen LogP contribution in [0.1, 0.15) is 16.8 Å². The SMILES string of the molecule is Cc1[nH]ncc1CNC(=O)Cc1ccc([N+](=O)[O-])cc1. The van der Waals surface area contributed by atoms with E-state index < -0.39 is 4.92 Å². The summed E-state index contributed by atoms with van der Waals surface area (Å²) in [6.45, 7) is 2.29. The molecule has 20 heavy (non-hydrogen) atoms. The number of carbonyl (C=O) groups is 1. The summed E-state index contributed by atoms with van der Waals surface area (Å²) in [6, 6.07) is 5.95. The molecule has 0 bridgehead atoms. The molecule has 0 fully saturated rings. The Kier molecular flexibility index (Phi) is 4.09. The van der Waals surface area contributed by atoms with Crippen molar-refractivity contribution in [3.8, 4) is 0 Å². The summed E-state index contributed by atoms with van der Waals surface area (Å²) in [5.74, 6) is -0.139. The van der Waals surface area contributed by atoms with Gasteiger partial charge >= 0.3 is 0 Å². The second-order valence-electron chi connectivity index (χ2n) is 4.40. The molecule has 2 aromatic rings. The van der Waals surface area contributed by atoms with Gasteiger partial charge in [-0.2, -0.15) is 5.10 Å². The molecule has 1 amide bonds. The second kappa shape index (κ2) is 5.96. The van der Waals surface area contributed by atoms with Gasteiger partial charge in [0, 0.05) is 29.9 Å². The van der Waals surface area contributed by atoms with Gasteiger partial charge in [-0.15, -0.1) is 0 Å². The van der Waals surface area contributed by atoms with Crippen molar-refractivity contribution in [3.05, 3.63) is 57.4 Å². The summed E-state index contributed by atoms with van der Waals surface area (Å²) in [4.78, 5) is 21.8. The number of H-pyrrole nitrogens is 1. The third-order valence-electron chi connectivity index (χ3n) is 2.92. The van der Waals surface area contributed by atoms with Crippen LogP contribution >= 0.6 is 0 Å². The molecular formula is C13H14N4O3. The number of hydrogen-bond donors (Lipinski definition) is 2. The average molecular weight is 274 g/mol. The van der Waals surface area contributed by atoms with Crippen molar-refractivity contribution in [2.24, 2.45) is 0 Å². The van der Waals surface area contributed by atoms with E-state index >= 15 is 0 Å². The Bertz CT molecular complexity index is 619. The van der Waals surface area contributed by atoms with Gasteiger partial charge in [-0.1, -0.05) is 12.1 Å². The van der Waals surface area contributed by atoms with Gasteiger partial charge in [0.1, 0.15) is 0 Å². The Morgan fingerprint density at radius 2 is 2.10 bits per heavy atom. The van der Waals surface area contributed by atoms with Crippen LogP contribution in [0.25, 0.3) is 0 Å². The van der Waals surface area contributed by atoms with Crippen LogP contribution in [0.5, 0.6) is 0 Å². The molecule has 0 saturated carbocycles. The number of nitro groups is 1. The van der Waals surface area contributed by atoms with Crippen LogP contribution in [0, 0.1) is 17.0 Å². The van der Waals surface area contributed by atoms with E-state index in [1.165, 1.54) is 12.1 Å². The lowest BCUT2D eigenvalue weighted by Gasteiger charge is -2.04. The Morgan fingerprint density at radius 3 is 2.65 bits per heavy atom. The Morgan fingerprint density at radius 1 is 1.40 bits per heavy atom. The number of aryl methyl sites for hydroxylation is 1. The molecule has 1 aromatic heterocycles. The number of benzene rings is 1. The number of hydrogen-bond acceptors (Lipinski definition) is 4. The molecular weight excluding hydrogens is 260 g/mol. The van der Waals surface area contributed by atoms with E-state index in [4.69, 9.17) is 0 Å². The van der Waals surface area contributed by atoms with E-state index in [0.717, 1.165) is 16.8 Å². The molecule has 1 heterocycles. The zero-order chi connectivity index (χ0) is 14.5. The number of nitro benzene ring substituents is 1. The van der Waals surface area contributed by atoms with Crippen LogP contribution in [0.3, 0.4) is 0 Å². The largest absolute Gasteiger partial charge is 0.352 e. The van der Waals surface area contributed by atoms with Crippen LogP contribution in [0.4, 0.5) is 5.69 Å². The van der Waals surface area contributed by atoms with Crippen LogP contribution in [0.15, 0.2) is 30.5 Å². The first-order valence-corrected chi connectivity index (χ1v) is 6.05. The zero-order valence-corrected chi connectivity index (χ0v) is 10.9. The van der Waals surface area contributed by atoms with Crippen LogP contribution in [0.2, 0.25) is 0 Å². The second-order valence-corrected chi connectivity index (χ2v) is 4.40. The first-order valence-electron chi connectivity index (χ1n) is 6.05. The van der Waals surface area contributed by atoms with Crippen LogP contribution in [-0.4, -0.2) is 21.0 Å². The number of amides is 1. The number of non-ortho nitro benzene ring substituents is 1. The molecule has 104 valence electrons. The first kappa shape index (κ1) is 13.7. The molecule has 0 aliphatic heterocycles. The summed E-state index contributed by atoms with van der Waals surface area (Å²) in [6.07, 6.45) is 1.86. The number of aromatic nitrogens is 2. The number of nitrogens with zero attached hydrogens (tertiary/aromatic N) is 2. The molecule has 7 nitrogen and oxygen atoms in total. The monoisotopic (exact) mass is 274 g/mol. The number of aromatic amines is 1. The number of nitrogens with one attached hydrogen (secondary N) is 2. The highest BCUT2D eigenvalue weighted by Gasteiger charge is 2.08. The molecule has 0 saturated heterocycles. The minimum Gasteiger partial charge on any atom is -0.352 e. The summed E-state index contributed by atoms with van der Waals surface area (Å²) in [5, 5.41) is 20.0. The zero-order valence-electron chi connectivity index (χ0n) is 10.9. The van der Waals surface area contributed by atoms with Crippen LogP contribution in [-0.2, 0) is 17.8 Å². The highest BCUT2D eigenvalue weighted by Crippen LogP contribution is 2.12. The molecule has 1 aromatic carbocycles. The predicted octanol–water partition coefficient (Wildman–Crippen LogP) is 1.49. The van der Waals surface area contributed by atoms with Crippen molar-refractivity contribution in [1.82, 2.24) is 15.5 Å². The van der Waals surface area contributed by atoms with Crippen molar-refractivity contribution in [3.63, 3.8) is 0 Å². The minimum atomic E-state index is -0.467. The van der Waals surface area contributed by atoms with Crippen molar-refractivity contribution in [2.45, 2.75) is 19.9 Å². The predicted molar refractivity (Wildman–Crippen MR) is 72.0 cm³/mol. The summed E-state index contributed by atoms with van der Waals surface area (Å²) in [5.41, 5.74) is 2.60. The standard InChI is InChI=1S/C13H14N4O3/c1-9-11(8-15-16-9)7-14-13(18)6-10-2-4-12(5-3-10)17(19)20/h2-5,8H,6-7H2,1H3,(H,14,18)(H,15,16). The first-order chi connectivity index (χ1) is 9.56. The molecule has 7 heteroatoms. The Labute approximate surface area is 115 Å². The van der Waals surface area contributed by atoms with Crippen molar-refractivity contribution in [2.75, 3.05) is 0 Å². The van der Waals surface area contributed by atoms with E-state index in [2.05, 4.69) is 15.5 Å². The van der Waals surface area contributed by atoms with E-state index in [1.54, 1.807) is 18.3 Å². The topological polar surface area (TPSA) is 101 Å². The molecule has 0 spiro atoms. The lowest BCUT2D eigenvalue weighted by Crippen LogP contribution is -2.24. The van der Waals surface area contributed by atoms with Crippen molar-refractivity contribution >= 4 is 11.6 Å². The van der Waals surface area contributed by atoms with Gasteiger partial charge in [-0.3, -0.25) is 20.0 Å². The van der Waals surface area contributed by atoms with Gasteiger partial charge in [0.25, 0.3) is 5.69 Å². The lowest BCUT2D eigenvalue weighted by atomic mass is 10.1. The van der Waals surface area contributed by atoms with Crippen molar-refractivity contribution < 1.29 is 9.72 Å². The van der Waals surface area contributed by atoms with Gasteiger partial charge in [0.2, 0.25) is 5.91 Å². The van der Waals surface area contributed by atoms with Crippen molar-refractivity contribution in [1.29, 1.82) is 0 Å². The van der Waals surface area contributed by atoms with Gasteiger partial charge in [-0.25, -0.2) is 0 Å². The fraction of sp³-hybridized carbons (Fsp3) is 0.231. The highest BCUT2D eigenvalue weighted by atomic mass is 16.6. The number of rotatable bonds is 5.